The van der Waals surface area contributed by atoms with E-state index in [0.29, 0.717) is 18.8 Å². The van der Waals surface area contributed by atoms with Gasteiger partial charge in [-0.15, -0.1) is 11.3 Å². The van der Waals surface area contributed by atoms with E-state index in [9.17, 15) is 13.2 Å². The minimum atomic E-state index is -3.64. The van der Waals surface area contributed by atoms with Crippen molar-refractivity contribution in [2.75, 3.05) is 29.9 Å². The van der Waals surface area contributed by atoms with Gasteiger partial charge in [-0.2, -0.15) is 16.1 Å². The number of amides is 1. The number of nitrogens with one attached hydrogen (secondary N) is 1. The van der Waals surface area contributed by atoms with Crippen molar-refractivity contribution in [3.8, 4) is 0 Å². The van der Waals surface area contributed by atoms with E-state index in [-0.39, 0.29) is 15.7 Å². The molecular formula is C17H20N2O3S3. The Morgan fingerprint density at radius 1 is 1.16 bits per heavy atom. The Morgan fingerprint density at radius 2 is 1.88 bits per heavy atom. The SMILES string of the molecule is Cc1cccc(NC(=O)c2sccc2S(=O)(=O)N2CCSCC2)c1C. The number of sulfonamides is 1. The number of anilines is 1. The highest BCUT2D eigenvalue weighted by Gasteiger charge is 2.31. The number of thioether (sulfide) groups is 1. The molecule has 0 saturated carbocycles. The zero-order valence-electron chi connectivity index (χ0n) is 14.1. The fraction of sp³-hybridized carbons (Fsp3) is 0.353. The third-order valence-electron chi connectivity index (χ3n) is 4.28. The topological polar surface area (TPSA) is 66.5 Å². The average Bonchev–Trinajstić information content (AvgIpc) is 3.10. The van der Waals surface area contributed by atoms with E-state index >= 15 is 0 Å². The summed E-state index contributed by atoms with van der Waals surface area (Å²) in [7, 11) is -3.64. The highest BCUT2D eigenvalue weighted by atomic mass is 32.2. The Bertz CT molecular complexity index is 884. The predicted molar refractivity (Wildman–Crippen MR) is 104 cm³/mol. The first kappa shape index (κ1) is 18.4. The first-order chi connectivity index (χ1) is 11.9. The second-order valence-corrected chi connectivity index (χ2v) is 9.88. The highest BCUT2D eigenvalue weighted by Crippen LogP contribution is 2.28. The molecule has 0 bridgehead atoms. The smallest absolute Gasteiger partial charge is 0.267 e. The summed E-state index contributed by atoms with van der Waals surface area (Å²) in [6, 6.07) is 7.19. The Labute approximate surface area is 156 Å². The van der Waals surface area contributed by atoms with Crippen molar-refractivity contribution in [2.45, 2.75) is 18.7 Å². The molecule has 1 saturated heterocycles. The molecule has 0 aliphatic carbocycles. The minimum Gasteiger partial charge on any atom is -0.321 e. The number of carbonyl (C=O) groups excluding carboxylic acids is 1. The van der Waals surface area contributed by atoms with Crippen LogP contribution >= 0.6 is 23.1 Å². The first-order valence-electron chi connectivity index (χ1n) is 7.94. The van der Waals surface area contributed by atoms with E-state index in [4.69, 9.17) is 0 Å². The second-order valence-electron chi connectivity index (χ2n) is 5.83. The van der Waals surface area contributed by atoms with Crippen LogP contribution in [-0.2, 0) is 10.0 Å². The van der Waals surface area contributed by atoms with Gasteiger partial charge in [-0.05, 0) is 42.5 Å². The number of aryl methyl sites for hydroxylation is 1. The third kappa shape index (κ3) is 3.76. The van der Waals surface area contributed by atoms with Crippen LogP contribution in [0.1, 0.15) is 20.8 Å². The van der Waals surface area contributed by atoms with Gasteiger partial charge in [0.15, 0.2) is 0 Å². The molecule has 0 atom stereocenters. The molecule has 1 aliphatic heterocycles. The second kappa shape index (κ2) is 7.49. The van der Waals surface area contributed by atoms with E-state index < -0.39 is 10.0 Å². The summed E-state index contributed by atoms with van der Waals surface area (Å²) in [6.07, 6.45) is 0. The normalized spacial score (nSPS) is 15.9. The summed E-state index contributed by atoms with van der Waals surface area (Å²) in [6.45, 7) is 4.88. The van der Waals surface area contributed by atoms with Gasteiger partial charge >= 0.3 is 0 Å². The van der Waals surface area contributed by atoms with Gasteiger partial charge in [-0.1, -0.05) is 12.1 Å². The molecule has 1 amide bonds. The summed E-state index contributed by atoms with van der Waals surface area (Å²) >= 11 is 2.90. The van der Waals surface area contributed by atoms with Gasteiger partial charge < -0.3 is 5.32 Å². The van der Waals surface area contributed by atoms with Crippen LogP contribution in [0.15, 0.2) is 34.5 Å². The van der Waals surface area contributed by atoms with Crippen LogP contribution in [0.4, 0.5) is 5.69 Å². The summed E-state index contributed by atoms with van der Waals surface area (Å²) in [5.41, 5.74) is 2.75. The fourth-order valence-corrected chi connectivity index (χ4v) is 6.53. The van der Waals surface area contributed by atoms with Gasteiger partial charge in [-0.3, -0.25) is 4.79 Å². The summed E-state index contributed by atoms with van der Waals surface area (Å²) in [4.78, 5) is 13.0. The van der Waals surface area contributed by atoms with Crippen molar-refractivity contribution in [3.05, 3.63) is 45.6 Å². The average molecular weight is 397 g/mol. The Kier molecular flexibility index (Phi) is 5.52. The summed E-state index contributed by atoms with van der Waals surface area (Å²) < 4.78 is 27.3. The number of thiophene rings is 1. The zero-order valence-corrected chi connectivity index (χ0v) is 16.6. The van der Waals surface area contributed by atoms with Crippen molar-refractivity contribution < 1.29 is 13.2 Å². The standard InChI is InChI=1S/C17H20N2O3S3/c1-12-4-3-5-14(13(12)2)18-17(20)16-15(6-9-24-16)25(21,22)19-7-10-23-11-8-19/h3-6,9H,7-8,10-11H2,1-2H3,(H,18,20). The van der Waals surface area contributed by atoms with Crippen molar-refractivity contribution >= 4 is 44.7 Å². The largest absolute Gasteiger partial charge is 0.321 e. The molecule has 1 N–H and O–H groups in total. The van der Waals surface area contributed by atoms with Gasteiger partial charge in [0.1, 0.15) is 9.77 Å². The monoisotopic (exact) mass is 396 g/mol. The molecule has 1 aromatic heterocycles. The molecule has 2 aromatic rings. The lowest BCUT2D eigenvalue weighted by atomic mass is 10.1. The van der Waals surface area contributed by atoms with Gasteiger partial charge in [0, 0.05) is 30.3 Å². The molecule has 0 radical (unpaired) electrons. The number of hydrogen-bond acceptors (Lipinski definition) is 5. The Balaban J connectivity index is 1.88. The highest BCUT2D eigenvalue weighted by molar-refractivity contribution is 7.99. The van der Waals surface area contributed by atoms with E-state index in [1.807, 2.05) is 32.0 Å². The van der Waals surface area contributed by atoms with Crippen molar-refractivity contribution in [1.82, 2.24) is 4.31 Å². The molecule has 1 aromatic carbocycles. The lowest BCUT2D eigenvalue weighted by molar-refractivity contribution is 0.102. The van der Waals surface area contributed by atoms with Crippen LogP contribution in [0, 0.1) is 13.8 Å². The molecule has 0 unspecified atom stereocenters. The molecule has 1 aliphatic rings. The third-order valence-corrected chi connectivity index (χ3v) is 8.20. The van der Waals surface area contributed by atoms with Crippen LogP contribution in [0.25, 0.3) is 0 Å². The molecule has 0 spiro atoms. The van der Waals surface area contributed by atoms with E-state index in [1.165, 1.54) is 10.4 Å². The molecule has 8 heteroatoms. The maximum atomic E-state index is 12.9. The van der Waals surface area contributed by atoms with E-state index in [2.05, 4.69) is 5.32 Å². The van der Waals surface area contributed by atoms with Crippen molar-refractivity contribution in [1.29, 1.82) is 0 Å². The quantitative estimate of drug-likeness (QED) is 0.861. The van der Waals surface area contributed by atoms with Crippen LogP contribution in [-0.4, -0.2) is 43.2 Å². The van der Waals surface area contributed by atoms with Gasteiger partial charge in [0.2, 0.25) is 10.0 Å². The van der Waals surface area contributed by atoms with Crippen LogP contribution in [0.5, 0.6) is 0 Å². The number of nitrogens with zero attached hydrogens (tertiary/aromatic N) is 1. The minimum absolute atomic E-state index is 0.104. The molecule has 25 heavy (non-hydrogen) atoms. The van der Waals surface area contributed by atoms with Crippen LogP contribution < -0.4 is 5.32 Å². The lowest BCUT2D eigenvalue weighted by Crippen LogP contribution is -2.38. The van der Waals surface area contributed by atoms with Crippen molar-refractivity contribution in [3.63, 3.8) is 0 Å². The summed E-state index contributed by atoms with van der Waals surface area (Å²) in [5, 5.41) is 4.51. The number of rotatable bonds is 4. The van der Waals surface area contributed by atoms with E-state index in [0.717, 1.165) is 34.0 Å². The maximum Gasteiger partial charge on any atom is 0.267 e. The zero-order chi connectivity index (χ0) is 18.0. The molecule has 134 valence electrons. The number of carbonyl (C=O) groups is 1. The van der Waals surface area contributed by atoms with Crippen LogP contribution in [0.2, 0.25) is 0 Å². The van der Waals surface area contributed by atoms with Gasteiger partial charge in [0.05, 0.1) is 0 Å². The first-order valence-corrected chi connectivity index (χ1v) is 11.4. The maximum absolute atomic E-state index is 12.9. The van der Waals surface area contributed by atoms with Crippen LogP contribution in [0.3, 0.4) is 0 Å². The summed E-state index contributed by atoms with van der Waals surface area (Å²) in [5.74, 6) is 1.19. The van der Waals surface area contributed by atoms with Crippen molar-refractivity contribution in [2.24, 2.45) is 0 Å². The lowest BCUT2D eigenvalue weighted by Gasteiger charge is -2.25. The predicted octanol–water partition coefficient (Wildman–Crippen LogP) is 3.35. The molecule has 5 nitrogen and oxygen atoms in total. The Hall–Kier alpha value is -1.35. The number of hydrogen-bond donors (Lipinski definition) is 1. The molecule has 1 fully saturated rings. The van der Waals surface area contributed by atoms with E-state index in [1.54, 1.807) is 17.1 Å². The van der Waals surface area contributed by atoms with Gasteiger partial charge in [0.25, 0.3) is 5.91 Å². The Morgan fingerprint density at radius 3 is 2.60 bits per heavy atom. The fourth-order valence-electron chi connectivity index (χ4n) is 2.66. The molecule has 2 heterocycles. The van der Waals surface area contributed by atoms with Gasteiger partial charge in [-0.25, -0.2) is 8.42 Å². The number of benzene rings is 1. The molecule has 3 rings (SSSR count). The molecular weight excluding hydrogens is 376 g/mol.